The number of halogens is 1. The van der Waals surface area contributed by atoms with E-state index >= 15 is 0 Å². The summed E-state index contributed by atoms with van der Waals surface area (Å²) in [6.07, 6.45) is 1.14. The van der Waals surface area contributed by atoms with Crippen LogP contribution in [0.2, 0.25) is 0 Å². The van der Waals surface area contributed by atoms with E-state index in [2.05, 4.69) is 20.7 Å². The van der Waals surface area contributed by atoms with Crippen molar-refractivity contribution in [2.24, 2.45) is 0 Å². The number of esters is 1. The highest BCUT2D eigenvalue weighted by atomic mass is 79.9. The number of hydrogen-bond acceptors (Lipinski definition) is 6. The third-order valence-electron chi connectivity index (χ3n) is 4.66. The molecule has 0 aromatic heterocycles. The zero-order valence-corrected chi connectivity index (χ0v) is 19.6. The third kappa shape index (κ3) is 3.79. The number of sulfonamides is 1. The van der Waals surface area contributed by atoms with Crippen LogP contribution in [0, 0.1) is 0 Å². The molecule has 1 aliphatic rings. The quantitative estimate of drug-likeness (QED) is 0.522. The molecule has 1 aliphatic heterocycles. The number of hydrogen-bond donors (Lipinski definition) is 0. The fourth-order valence-electron chi connectivity index (χ4n) is 3.10. The van der Waals surface area contributed by atoms with E-state index < -0.39 is 25.8 Å². The van der Waals surface area contributed by atoms with Gasteiger partial charge in [-0.2, -0.15) is 0 Å². The number of carbonyl (C=O) groups is 1. The van der Waals surface area contributed by atoms with Crippen molar-refractivity contribution in [3.63, 3.8) is 0 Å². The summed E-state index contributed by atoms with van der Waals surface area (Å²) in [5, 5.41) is -0.297. The lowest BCUT2D eigenvalue weighted by Crippen LogP contribution is -2.34. The second kappa shape index (κ2) is 8.52. The summed E-state index contributed by atoms with van der Waals surface area (Å²) in [6, 6.07) is 11.6. The smallest absolute Gasteiger partial charge is 0.337 e. The second-order valence-electron chi connectivity index (χ2n) is 6.57. The first-order chi connectivity index (χ1) is 14.2. The second-order valence-corrected chi connectivity index (χ2v) is 11.1. The van der Waals surface area contributed by atoms with E-state index in [1.54, 1.807) is 18.2 Å². The molecule has 1 heterocycles. The lowest BCUT2D eigenvalue weighted by molar-refractivity contribution is 0.0600. The Kier molecular flexibility index (Phi) is 6.40. The number of methoxy groups -OCH3 is 1. The maximum atomic E-state index is 13.5. The van der Waals surface area contributed by atoms with Crippen molar-refractivity contribution < 1.29 is 26.4 Å². The molecular weight excluding hydrogens is 494 g/mol. The van der Waals surface area contributed by atoms with Gasteiger partial charge in [-0.15, -0.1) is 0 Å². The highest BCUT2D eigenvalue weighted by molar-refractivity contribution is 9.15. The van der Waals surface area contributed by atoms with E-state index in [9.17, 15) is 21.6 Å². The van der Waals surface area contributed by atoms with Gasteiger partial charge in [0.05, 0.1) is 26.9 Å². The molecule has 0 aliphatic carbocycles. The van der Waals surface area contributed by atoms with E-state index in [0.717, 1.165) is 4.31 Å². The molecule has 0 amide bonds. The molecule has 2 aromatic carbocycles. The van der Waals surface area contributed by atoms with Crippen LogP contribution in [0.15, 0.2) is 63.4 Å². The maximum Gasteiger partial charge on any atom is 0.337 e. The first kappa shape index (κ1) is 22.5. The van der Waals surface area contributed by atoms with Crippen LogP contribution >= 0.6 is 15.9 Å². The molecule has 0 bridgehead atoms. The molecule has 3 rings (SSSR count). The number of nitrogens with zero attached hydrogens (tertiary/aromatic N) is 1. The van der Waals surface area contributed by atoms with Crippen LogP contribution in [0.3, 0.4) is 0 Å². The van der Waals surface area contributed by atoms with Gasteiger partial charge in [-0.25, -0.2) is 21.6 Å². The number of fused-ring (bicyclic) bond motifs is 1. The summed E-state index contributed by atoms with van der Waals surface area (Å²) in [5.41, 5.74) is 0.614. The van der Waals surface area contributed by atoms with Crippen molar-refractivity contribution in [2.75, 3.05) is 13.7 Å². The van der Waals surface area contributed by atoms with Crippen LogP contribution in [0.4, 0.5) is 0 Å². The maximum absolute atomic E-state index is 13.5. The summed E-state index contributed by atoms with van der Waals surface area (Å²) < 4.78 is 59.1. The number of unbranched alkanes of at least 4 members (excludes halogenated alkanes) is 1. The van der Waals surface area contributed by atoms with Gasteiger partial charge < -0.3 is 4.74 Å². The Balaban J connectivity index is 2.13. The molecule has 10 heteroatoms. The summed E-state index contributed by atoms with van der Waals surface area (Å²) in [7, 11) is -7.02. The molecule has 0 unspecified atom stereocenters. The lowest BCUT2D eigenvalue weighted by Gasteiger charge is -2.25. The third-order valence-corrected chi connectivity index (χ3v) is 9.52. The van der Waals surface area contributed by atoms with Crippen molar-refractivity contribution in [1.29, 1.82) is 0 Å². The van der Waals surface area contributed by atoms with Gasteiger partial charge in [-0.3, -0.25) is 4.31 Å². The molecule has 0 spiro atoms. The number of ether oxygens (including phenoxy) is 1. The zero-order valence-electron chi connectivity index (χ0n) is 16.3. The van der Waals surface area contributed by atoms with Crippen molar-refractivity contribution in [1.82, 2.24) is 4.31 Å². The minimum atomic E-state index is -4.21. The van der Waals surface area contributed by atoms with Crippen LogP contribution in [0.5, 0.6) is 0 Å². The molecule has 2 aromatic rings. The van der Waals surface area contributed by atoms with Crippen molar-refractivity contribution in [2.45, 2.75) is 29.6 Å². The average Bonchev–Trinajstić information content (AvgIpc) is 2.94. The molecule has 7 nitrogen and oxygen atoms in total. The van der Waals surface area contributed by atoms with Crippen LogP contribution in [0.25, 0.3) is 4.48 Å². The average molecular weight is 514 g/mol. The van der Waals surface area contributed by atoms with E-state index in [1.165, 1.54) is 37.4 Å². The number of rotatable bonds is 7. The Bertz CT molecular complexity index is 1220. The van der Waals surface area contributed by atoms with Crippen LogP contribution in [0.1, 0.15) is 35.7 Å². The molecule has 160 valence electrons. The highest BCUT2D eigenvalue weighted by Gasteiger charge is 2.42. The number of benzene rings is 2. The Morgan fingerprint density at radius 3 is 2.30 bits per heavy atom. The van der Waals surface area contributed by atoms with Crippen LogP contribution in [-0.2, 0) is 24.6 Å². The summed E-state index contributed by atoms with van der Waals surface area (Å²) in [4.78, 5) is 11.6. The fraction of sp³-hybridized carbons (Fsp3) is 0.250. The van der Waals surface area contributed by atoms with Gasteiger partial charge in [-0.05, 0) is 52.7 Å². The number of sulfone groups is 1. The summed E-state index contributed by atoms with van der Waals surface area (Å²) >= 11 is 3.31. The number of carbonyl (C=O) groups excluding carboxylic acids is 1. The minimum Gasteiger partial charge on any atom is -0.465 e. The van der Waals surface area contributed by atoms with Crippen molar-refractivity contribution >= 4 is 46.2 Å². The molecule has 0 radical (unpaired) electrons. The SMILES string of the molecule is CCCCN(C1=C(Br)c2ccccc2S1(=O)=O)S(=O)(=O)c1ccc(C(=O)OC)cc1. The fourth-order valence-corrected chi connectivity index (χ4v) is 8.18. The van der Waals surface area contributed by atoms with Gasteiger partial charge in [0.25, 0.3) is 10.0 Å². The Hall–Kier alpha value is -2.17. The lowest BCUT2D eigenvalue weighted by atomic mass is 10.2. The van der Waals surface area contributed by atoms with E-state index in [-0.39, 0.29) is 31.4 Å². The monoisotopic (exact) mass is 513 g/mol. The Morgan fingerprint density at radius 2 is 1.73 bits per heavy atom. The van der Waals surface area contributed by atoms with Gasteiger partial charge in [0.1, 0.15) is 0 Å². The minimum absolute atomic E-state index is 0.00472. The van der Waals surface area contributed by atoms with E-state index in [0.29, 0.717) is 18.4 Å². The van der Waals surface area contributed by atoms with Crippen molar-refractivity contribution in [3.05, 3.63) is 64.7 Å². The first-order valence-corrected chi connectivity index (χ1v) is 12.8. The molecule has 30 heavy (non-hydrogen) atoms. The Morgan fingerprint density at radius 1 is 1.10 bits per heavy atom. The highest BCUT2D eigenvalue weighted by Crippen LogP contribution is 2.45. The molecular formula is C20H20BrNO6S2. The Labute approximate surface area is 184 Å². The normalized spacial score (nSPS) is 15.0. The molecule has 0 N–H and O–H groups in total. The standard InChI is InChI=1S/C20H20BrNO6S2/c1-3-4-13-22(19-18(21)16-7-5-6-8-17(16)29(19,24)25)30(26,27)15-11-9-14(10-12-15)20(23)28-2/h5-12H,3-4,13H2,1-2H3. The van der Waals surface area contributed by atoms with Crippen LogP contribution < -0.4 is 0 Å². The zero-order chi connectivity index (χ0) is 22.1. The molecule has 0 atom stereocenters. The van der Waals surface area contributed by atoms with Crippen LogP contribution in [-0.4, -0.2) is 40.8 Å². The van der Waals surface area contributed by atoms with Gasteiger partial charge >= 0.3 is 5.97 Å². The summed E-state index contributed by atoms with van der Waals surface area (Å²) in [6.45, 7) is 1.88. The van der Waals surface area contributed by atoms with Gasteiger partial charge in [0, 0.05) is 12.1 Å². The van der Waals surface area contributed by atoms with Gasteiger partial charge in [0.15, 0.2) is 5.03 Å². The molecule has 0 saturated heterocycles. The summed E-state index contributed by atoms with van der Waals surface area (Å²) in [5.74, 6) is -0.596. The van der Waals surface area contributed by atoms with E-state index in [1.807, 2.05) is 6.92 Å². The van der Waals surface area contributed by atoms with Gasteiger partial charge in [0.2, 0.25) is 9.84 Å². The predicted molar refractivity (Wildman–Crippen MR) is 116 cm³/mol. The molecule has 0 fully saturated rings. The topological polar surface area (TPSA) is 97.8 Å². The largest absolute Gasteiger partial charge is 0.465 e. The predicted octanol–water partition coefficient (Wildman–Crippen LogP) is 3.77. The van der Waals surface area contributed by atoms with Crippen molar-refractivity contribution in [3.8, 4) is 0 Å². The molecule has 0 saturated carbocycles. The van der Waals surface area contributed by atoms with E-state index in [4.69, 9.17) is 0 Å². The van der Waals surface area contributed by atoms with Gasteiger partial charge in [-0.1, -0.05) is 31.5 Å². The first-order valence-electron chi connectivity index (χ1n) is 9.11.